The van der Waals surface area contributed by atoms with Crippen LogP contribution < -0.4 is 10.1 Å². The number of hydrogen-bond acceptors (Lipinski definition) is 4. The number of rotatable bonds is 7. The maximum absolute atomic E-state index is 14.4. The normalized spacial score (nSPS) is 10.9. The largest absolute Gasteiger partial charge is 0.456 e. The molecule has 0 saturated carbocycles. The van der Waals surface area contributed by atoms with E-state index in [0.29, 0.717) is 29.0 Å². The second-order valence-corrected chi connectivity index (χ2v) is 8.29. The van der Waals surface area contributed by atoms with Gasteiger partial charge in [-0.15, -0.1) is 0 Å². The summed E-state index contributed by atoms with van der Waals surface area (Å²) in [5.41, 5.74) is 4.48. The molecule has 1 amide bonds. The molecule has 5 aromatic rings. The molecule has 0 bridgehead atoms. The quantitative estimate of drug-likeness (QED) is 0.322. The van der Waals surface area contributed by atoms with Gasteiger partial charge in [-0.3, -0.25) is 14.8 Å². The zero-order chi connectivity index (χ0) is 24.2. The summed E-state index contributed by atoms with van der Waals surface area (Å²) in [4.78, 5) is 24.2. The minimum atomic E-state index is -0.356. The van der Waals surface area contributed by atoms with Crippen LogP contribution in [0.1, 0.15) is 32.7 Å². The van der Waals surface area contributed by atoms with Crippen molar-refractivity contribution in [1.82, 2.24) is 20.3 Å². The van der Waals surface area contributed by atoms with Crippen molar-refractivity contribution in [3.05, 3.63) is 119 Å². The molecule has 0 spiro atoms. The average molecular weight is 467 g/mol. The molecule has 3 aromatic heterocycles. The monoisotopic (exact) mass is 466 g/mol. The van der Waals surface area contributed by atoms with Gasteiger partial charge in [0.2, 0.25) is 0 Å². The summed E-state index contributed by atoms with van der Waals surface area (Å²) in [6.45, 7) is 2.06. The number of pyridine rings is 2. The number of nitrogens with one attached hydrogen (secondary N) is 2. The highest BCUT2D eigenvalue weighted by atomic mass is 19.1. The smallest absolute Gasteiger partial charge is 0.251 e. The highest BCUT2D eigenvalue weighted by Gasteiger charge is 2.11. The topological polar surface area (TPSA) is 79.9 Å². The van der Waals surface area contributed by atoms with Gasteiger partial charge in [0.15, 0.2) is 0 Å². The first-order chi connectivity index (χ1) is 17.0. The number of carbonyl (C=O) groups is 1. The van der Waals surface area contributed by atoms with Crippen molar-refractivity contribution in [2.45, 2.75) is 19.9 Å². The van der Waals surface area contributed by atoms with Crippen LogP contribution in [0.15, 0.2) is 85.5 Å². The lowest BCUT2D eigenvalue weighted by molar-refractivity contribution is 0.0950. The summed E-state index contributed by atoms with van der Waals surface area (Å²) in [5.74, 6) is 0.747. The lowest BCUT2D eigenvalue weighted by Gasteiger charge is -2.09. The molecule has 0 aliphatic rings. The van der Waals surface area contributed by atoms with Gasteiger partial charge in [0.1, 0.15) is 17.3 Å². The fourth-order valence-corrected chi connectivity index (χ4v) is 3.88. The average Bonchev–Trinajstić information content (AvgIpc) is 3.23. The van der Waals surface area contributed by atoms with Gasteiger partial charge in [-0.25, -0.2) is 4.39 Å². The predicted octanol–water partition coefficient (Wildman–Crippen LogP) is 5.72. The van der Waals surface area contributed by atoms with Crippen molar-refractivity contribution in [3.8, 4) is 11.5 Å². The van der Waals surface area contributed by atoms with Gasteiger partial charge in [0.25, 0.3) is 5.91 Å². The van der Waals surface area contributed by atoms with Crippen LogP contribution in [0, 0.1) is 12.7 Å². The molecule has 0 aliphatic carbocycles. The summed E-state index contributed by atoms with van der Waals surface area (Å²) >= 11 is 0. The highest BCUT2D eigenvalue weighted by Crippen LogP contribution is 2.23. The molecule has 0 fully saturated rings. The van der Waals surface area contributed by atoms with E-state index in [0.717, 1.165) is 27.7 Å². The van der Waals surface area contributed by atoms with E-state index in [2.05, 4.69) is 20.3 Å². The highest BCUT2D eigenvalue weighted by molar-refractivity contribution is 5.94. The van der Waals surface area contributed by atoms with Crippen molar-refractivity contribution < 1.29 is 13.9 Å². The fraction of sp³-hybridized carbons (Fsp3) is 0.107. The fourth-order valence-electron chi connectivity index (χ4n) is 3.88. The van der Waals surface area contributed by atoms with E-state index in [-0.39, 0.29) is 18.3 Å². The first kappa shape index (κ1) is 22.3. The first-order valence-electron chi connectivity index (χ1n) is 11.2. The van der Waals surface area contributed by atoms with Crippen molar-refractivity contribution >= 4 is 16.8 Å². The van der Waals surface area contributed by atoms with Crippen LogP contribution in [0.2, 0.25) is 0 Å². The number of H-pyrrole nitrogens is 1. The van der Waals surface area contributed by atoms with Crippen LogP contribution in [0.25, 0.3) is 10.9 Å². The first-order valence-corrected chi connectivity index (χ1v) is 11.2. The Morgan fingerprint density at radius 3 is 2.71 bits per heavy atom. The number of fused-ring (bicyclic) bond motifs is 1. The Morgan fingerprint density at radius 2 is 1.91 bits per heavy atom. The Morgan fingerprint density at radius 1 is 1.06 bits per heavy atom. The summed E-state index contributed by atoms with van der Waals surface area (Å²) in [5, 5.41) is 3.76. The summed E-state index contributed by atoms with van der Waals surface area (Å²) in [7, 11) is 0. The Labute approximate surface area is 201 Å². The van der Waals surface area contributed by atoms with Crippen molar-refractivity contribution in [2.75, 3.05) is 0 Å². The number of benzene rings is 2. The SMILES string of the molecule is Cc1c[nH]c2cc(F)c(CNC(=O)c3ccnc(Cc4ccc(Oc5cccnc5)cc4)c3)cc12. The summed E-state index contributed by atoms with van der Waals surface area (Å²) in [6.07, 6.45) is 7.36. The molecule has 0 saturated heterocycles. The molecule has 7 heteroatoms. The Balaban J connectivity index is 1.23. The molecule has 6 nitrogen and oxygen atoms in total. The van der Waals surface area contributed by atoms with E-state index in [1.807, 2.05) is 49.5 Å². The van der Waals surface area contributed by atoms with E-state index < -0.39 is 0 Å². The maximum atomic E-state index is 14.4. The third kappa shape index (κ3) is 5.19. The molecule has 0 aliphatic heterocycles. The number of aromatic amines is 1. The van der Waals surface area contributed by atoms with Crippen molar-refractivity contribution in [1.29, 1.82) is 0 Å². The second kappa shape index (κ2) is 9.77. The van der Waals surface area contributed by atoms with Crippen molar-refractivity contribution in [2.24, 2.45) is 0 Å². The maximum Gasteiger partial charge on any atom is 0.251 e. The Hall–Kier alpha value is -4.52. The van der Waals surface area contributed by atoms with Crippen LogP contribution in [-0.4, -0.2) is 20.9 Å². The third-order valence-corrected chi connectivity index (χ3v) is 5.75. The number of amides is 1. The van der Waals surface area contributed by atoms with Gasteiger partial charge < -0.3 is 15.0 Å². The molecule has 2 N–H and O–H groups in total. The molecule has 35 heavy (non-hydrogen) atoms. The Bertz CT molecular complexity index is 1480. The van der Waals surface area contributed by atoms with Crippen LogP contribution >= 0.6 is 0 Å². The number of ether oxygens (including phenoxy) is 1. The number of aromatic nitrogens is 3. The van der Waals surface area contributed by atoms with Gasteiger partial charge >= 0.3 is 0 Å². The molecular weight excluding hydrogens is 443 g/mol. The van der Waals surface area contributed by atoms with E-state index in [1.165, 1.54) is 6.07 Å². The standard InChI is InChI=1S/C28H23FN4O2/c1-18-15-32-27-14-26(29)21(13-25(18)27)16-33-28(34)20-8-10-31-22(12-20)11-19-4-6-23(7-5-19)35-24-3-2-9-30-17-24/h2-10,12-15,17,32H,11,16H2,1H3,(H,33,34). The van der Waals surface area contributed by atoms with E-state index >= 15 is 0 Å². The summed E-state index contributed by atoms with van der Waals surface area (Å²) in [6, 6.07) is 18.0. The third-order valence-electron chi connectivity index (χ3n) is 5.75. The molecule has 3 heterocycles. The number of hydrogen-bond donors (Lipinski definition) is 2. The number of carbonyl (C=O) groups excluding carboxylic acids is 1. The van der Waals surface area contributed by atoms with Gasteiger partial charge in [-0.1, -0.05) is 12.1 Å². The lowest BCUT2D eigenvalue weighted by Crippen LogP contribution is -2.23. The van der Waals surface area contributed by atoms with Gasteiger partial charge in [-0.2, -0.15) is 0 Å². The van der Waals surface area contributed by atoms with E-state index in [9.17, 15) is 9.18 Å². The Kier molecular flexibility index (Phi) is 6.22. The van der Waals surface area contributed by atoms with E-state index in [1.54, 1.807) is 36.8 Å². The zero-order valence-electron chi connectivity index (χ0n) is 19.1. The molecule has 0 atom stereocenters. The van der Waals surface area contributed by atoms with Gasteiger partial charge in [0, 0.05) is 59.3 Å². The minimum absolute atomic E-state index is 0.0985. The molecule has 0 radical (unpaired) electrons. The number of halogens is 1. The molecular formula is C28H23FN4O2. The van der Waals surface area contributed by atoms with E-state index in [4.69, 9.17) is 4.74 Å². The number of aryl methyl sites for hydroxylation is 1. The minimum Gasteiger partial charge on any atom is -0.456 e. The molecule has 174 valence electrons. The van der Waals surface area contributed by atoms with Crippen LogP contribution in [-0.2, 0) is 13.0 Å². The predicted molar refractivity (Wildman–Crippen MR) is 132 cm³/mol. The van der Waals surface area contributed by atoms with Gasteiger partial charge in [0.05, 0.1) is 6.20 Å². The molecule has 0 unspecified atom stereocenters. The van der Waals surface area contributed by atoms with Crippen LogP contribution in [0.4, 0.5) is 4.39 Å². The second-order valence-electron chi connectivity index (χ2n) is 8.29. The van der Waals surface area contributed by atoms with Crippen LogP contribution in [0.3, 0.4) is 0 Å². The summed E-state index contributed by atoms with van der Waals surface area (Å²) < 4.78 is 20.2. The number of nitrogens with zero attached hydrogens (tertiary/aromatic N) is 2. The van der Waals surface area contributed by atoms with Crippen LogP contribution in [0.5, 0.6) is 11.5 Å². The molecule has 5 rings (SSSR count). The van der Waals surface area contributed by atoms with Crippen molar-refractivity contribution in [3.63, 3.8) is 0 Å². The lowest BCUT2D eigenvalue weighted by atomic mass is 10.1. The zero-order valence-corrected chi connectivity index (χ0v) is 19.1. The van der Waals surface area contributed by atoms with Gasteiger partial charge in [-0.05, 0) is 66.6 Å². The molecule has 2 aromatic carbocycles.